The van der Waals surface area contributed by atoms with Gasteiger partial charge in [0.15, 0.2) is 0 Å². The number of aliphatic hydroxyl groups is 1. The van der Waals surface area contributed by atoms with E-state index in [9.17, 15) is 9.90 Å². The molecule has 0 spiro atoms. The zero-order valence-electron chi connectivity index (χ0n) is 15.5. The van der Waals surface area contributed by atoms with Crippen molar-refractivity contribution in [3.05, 3.63) is 50.1 Å². The van der Waals surface area contributed by atoms with Gasteiger partial charge in [0.05, 0.1) is 17.8 Å². The average Bonchev–Trinajstić information content (AvgIpc) is 2.97. The number of piperidine rings is 2. The summed E-state index contributed by atoms with van der Waals surface area (Å²) in [6.45, 7) is 5.30. The number of thiophene rings is 1. The van der Waals surface area contributed by atoms with Gasteiger partial charge in [0.1, 0.15) is 0 Å². The van der Waals surface area contributed by atoms with Crippen molar-refractivity contribution >= 4 is 11.3 Å². The second kappa shape index (κ2) is 6.91. The first-order valence-corrected chi connectivity index (χ1v) is 10.3. The lowest BCUT2D eigenvalue weighted by molar-refractivity contribution is -0.105. The van der Waals surface area contributed by atoms with Crippen LogP contribution in [0.15, 0.2) is 29.1 Å². The van der Waals surface area contributed by atoms with Gasteiger partial charge in [-0.3, -0.25) is 9.69 Å². The second-order valence-corrected chi connectivity index (χ2v) is 9.40. The monoisotopic (exact) mass is 373 g/mol. The lowest BCUT2D eigenvalue weighted by atomic mass is 9.75. The highest BCUT2D eigenvalue weighted by molar-refractivity contribution is 7.11. The number of nitrogens with zero attached hydrogens (tertiary/aromatic N) is 3. The average molecular weight is 374 g/mol. The number of rotatable bonds is 4. The molecule has 2 aromatic rings. The lowest BCUT2D eigenvalue weighted by Crippen LogP contribution is -2.59. The molecule has 2 aromatic heterocycles. The van der Waals surface area contributed by atoms with Crippen molar-refractivity contribution in [2.75, 3.05) is 0 Å². The fourth-order valence-electron chi connectivity index (χ4n) is 4.70. The molecule has 140 valence electrons. The molecule has 2 atom stereocenters. The summed E-state index contributed by atoms with van der Waals surface area (Å²) in [7, 11) is 0. The van der Waals surface area contributed by atoms with Crippen LogP contribution in [0.4, 0.5) is 0 Å². The zero-order valence-corrected chi connectivity index (χ0v) is 16.3. The molecule has 0 aliphatic carbocycles. The van der Waals surface area contributed by atoms with E-state index in [1.807, 2.05) is 18.3 Å². The Kier molecular flexibility index (Phi) is 4.75. The Labute approximate surface area is 158 Å². The highest BCUT2D eigenvalue weighted by Gasteiger charge is 2.45. The van der Waals surface area contributed by atoms with Gasteiger partial charge in [0, 0.05) is 34.4 Å². The quantitative estimate of drug-likeness (QED) is 0.895. The third kappa shape index (κ3) is 3.63. The Bertz CT molecular complexity index is 830. The Balaban J connectivity index is 1.53. The van der Waals surface area contributed by atoms with Crippen LogP contribution in [0.5, 0.6) is 0 Å². The van der Waals surface area contributed by atoms with Crippen molar-refractivity contribution in [2.24, 2.45) is 0 Å². The maximum atomic E-state index is 12.1. The third-order valence-electron chi connectivity index (χ3n) is 5.82. The first-order valence-electron chi connectivity index (χ1n) is 9.50. The van der Waals surface area contributed by atoms with Crippen molar-refractivity contribution < 1.29 is 5.11 Å². The molecule has 2 aliphatic heterocycles. The molecular weight excluding hydrogens is 346 g/mol. The van der Waals surface area contributed by atoms with E-state index < -0.39 is 5.60 Å². The Hall–Kier alpha value is -1.50. The maximum absolute atomic E-state index is 12.1. The second-order valence-electron chi connectivity index (χ2n) is 8.03. The van der Waals surface area contributed by atoms with Crippen LogP contribution >= 0.6 is 11.3 Å². The summed E-state index contributed by atoms with van der Waals surface area (Å²) in [4.78, 5) is 17.5. The molecule has 2 bridgehead atoms. The molecule has 6 heteroatoms. The minimum Gasteiger partial charge on any atom is -0.388 e. The van der Waals surface area contributed by atoms with Gasteiger partial charge in [-0.15, -0.1) is 11.3 Å². The molecule has 2 aliphatic rings. The molecule has 4 rings (SSSR count). The van der Waals surface area contributed by atoms with Crippen LogP contribution in [0.2, 0.25) is 0 Å². The number of hydrogen-bond acceptors (Lipinski definition) is 5. The van der Waals surface area contributed by atoms with Crippen LogP contribution in [0.3, 0.4) is 0 Å². The number of aromatic nitrogens is 2. The molecule has 5 nitrogen and oxygen atoms in total. The number of hydrogen-bond donors (Lipinski definition) is 1. The predicted octanol–water partition coefficient (Wildman–Crippen LogP) is 2.87. The van der Waals surface area contributed by atoms with E-state index in [4.69, 9.17) is 0 Å². The fourth-order valence-corrected chi connectivity index (χ4v) is 5.60. The van der Waals surface area contributed by atoms with Crippen LogP contribution in [0.25, 0.3) is 0 Å². The van der Waals surface area contributed by atoms with Gasteiger partial charge in [0.2, 0.25) is 0 Å². The molecule has 0 aromatic carbocycles. The molecular formula is C20H27N3O2S. The Morgan fingerprint density at radius 3 is 2.58 bits per heavy atom. The van der Waals surface area contributed by atoms with Gasteiger partial charge < -0.3 is 5.11 Å². The molecule has 0 radical (unpaired) electrons. The minimum absolute atomic E-state index is 0.134. The summed E-state index contributed by atoms with van der Waals surface area (Å²) in [6.07, 6.45) is 4.92. The van der Waals surface area contributed by atoms with E-state index in [1.54, 1.807) is 12.1 Å². The number of fused-ring (bicyclic) bond motifs is 2. The lowest BCUT2D eigenvalue weighted by Gasteiger charge is -2.52. The standard InChI is InChI=1S/C20H27N3O2S/c1-14-6-9-19(24)23(21-14)13-20(25)10-16-4-3-5-17(11-20)22(16)12-18-8-7-15(2)26-18/h6-9,16-17,25H,3-5,10-13H2,1-2H3. The van der Waals surface area contributed by atoms with Crippen molar-refractivity contribution in [1.29, 1.82) is 0 Å². The van der Waals surface area contributed by atoms with Gasteiger partial charge in [-0.1, -0.05) is 6.42 Å². The summed E-state index contributed by atoms with van der Waals surface area (Å²) in [5, 5.41) is 15.6. The van der Waals surface area contributed by atoms with Crippen LogP contribution in [0.1, 0.15) is 47.6 Å². The largest absolute Gasteiger partial charge is 0.388 e. The van der Waals surface area contributed by atoms with Crippen LogP contribution in [-0.4, -0.2) is 37.5 Å². The molecule has 2 unspecified atom stereocenters. The van der Waals surface area contributed by atoms with Crippen molar-refractivity contribution in [3.63, 3.8) is 0 Å². The summed E-state index contributed by atoms with van der Waals surface area (Å²) < 4.78 is 1.45. The Morgan fingerprint density at radius 1 is 1.19 bits per heavy atom. The summed E-state index contributed by atoms with van der Waals surface area (Å²) in [6, 6.07) is 8.45. The van der Waals surface area contributed by atoms with Gasteiger partial charge in [-0.25, -0.2) is 4.68 Å². The van der Waals surface area contributed by atoms with Crippen molar-refractivity contribution in [2.45, 2.75) is 76.7 Å². The van der Waals surface area contributed by atoms with Crippen LogP contribution in [0, 0.1) is 13.8 Å². The fraction of sp³-hybridized carbons (Fsp3) is 0.600. The maximum Gasteiger partial charge on any atom is 0.266 e. The molecule has 2 fully saturated rings. The SMILES string of the molecule is Cc1ccc(=O)n(CC2(O)CC3CCCC(C2)N3Cc2ccc(C)s2)n1. The molecule has 26 heavy (non-hydrogen) atoms. The van der Waals surface area contributed by atoms with E-state index in [0.717, 1.165) is 37.9 Å². The van der Waals surface area contributed by atoms with Gasteiger partial charge >= 0.3 is 0 Å². The first kappa shape index (κ1) is 17.9. The van der Waals surface area contributed by atoms with Gasteiger partial charge in [-0.2, -0.15) is 5.10 Å². The third-order valence-corrected chi connectivity index (χ3v) is 6.81. The highest BCUT2D eigenvalue weighted by Crippen LogP contribution is 2.41. The molecule has 1 N–H and O–H groups in total. The van der Waals surface area contributed by atoms with E-state index >= 15 is 0 Å². The molecule has 0 amide bonds. The van der Waals surface area contributed by atoms with E-state index in [-0.39, 0.29) is 5.56 Å². The van der Waals surface area contributed by atoms with E-state index in [2.05, 4.69) is 29.1 Å². The van der Waals surface area contributed by atoms with E-state index in [0.29, 0.717) is 18.6 Å². The van der Waals surface area contributed by atoms with Crippen LogP contribution < -0.4 is 5.56 Å². The summed E-state index contributed by atoms with van der Waals surface area (Å²) >= 11 is 1.87. The van der Waals surface area contributed by atoms with Crippen molar-refractivity contribution in [3.8, 4) is 0 Å². The number of aryl methyl sites for hydroxylation is 2. The first-order chi connectivity index (χ1) is 12.4. The minimum atomic E-state index is -0.845. The predicted molar refractivity (Wildman–Crippen MR) is 103 cm³/mol. The van der Waals surface area contributed by atoms with Crippen LogP contribution in [-0.2, 0) is 13.1 Å². The Morgan fingerprint density at radius 2 is 1.92 bits per heavy atom. The molecule has 2 saturated heterocycles. The van der Waals surface area contributed by atoms with Crippen molar-refractivity contribution in [1.82, 2.24) is 14.7 Å². The smallest absolute Gasteiger partial charge is 0.266 e. The topological polar surface area (TPSA) is 58.4 Å². The normalized spacial score (nSPS) is 29.0. The van der Waals surface area contributed by atoms with E-state index in [1.165, 1.54) is 20.9 Å². The summed E-state index contributed by atoms with van der Waals surface area (Å²) in [5.74, 6) is 0. The zero-order chi connectivity index (χ0) is 18.3. The van der Waals surface area contributed by atoms with Gasteiger partial charge in [0.25, 0.3) is 5.56 Å². The highest BCUT2D eigenvalue weighted by atomic mass is 32.1. The van der Waals surface area contributed by atoms with Gasteiger partial charge in [-0.05, 0) is 57.7 Å². The molecule has 4 heterocycles. The molecule has 0 saturated carbocycles. The summed E-state index contributed by atoms with van der Waals surface area (Å²) in [5.41, 5.74) is -0.174.